The molecular formula is C13H13BrN2O2. The normalized spacial score (nSPS) is 10.3. The molecule has 2 heterocycles. The van der Waals surface area contributed by atoms with Crippen LogP contribution in [-0.2, 0) is 6.54 Å². The van der Waals surface area contributed by atoms with Crippen molar-refractivity contribution in [3.05, 3.63) is 52.7 Å². The maximum absolute atomic E-state index is 12.2. The Hall–Kier alpha value is -1.62. The van der Waals surface area contributed by atoms with Crippen LogP contribution in [0.15, 0.2) is 45.6 Å². The van der Waals surface area contributed by atoms with E-state index in [1.807, 2.05) is 19.1 Å². The van der Waals surface area contributed by atoms with Gasteiger partial charge in [0.1, 0.15) is 11.5 Å². The van der Waals surface area contributed by atoms with Gasteiger partial charge in [-0.2, -0.15) is 0 Å². The summed E-state index contributed by atoms with van der Waals surface area (Å²) in [4.78, 5) is 18.0. The van der Waals surface area contributed by atoms with Gasteiger partial charge >= 0.3 is 0 Å². The van der Waals surface area contributed by atoms with E-state index in [0.29, 0.717) is 18.8 Å². The third kappa shape index (κ3) is 2.98. The number of pyridine rings is 1. The summed E-state index contributed by atoms with van der Waals surface area (Å²) < 4.78 is 6.10. The van der Waals surface area contributed by atoms with Crippen LogP contribution in [0.4, 0.5) is 0 Å². The Bertz CT molecular complexity index is 508. The molecule has 2 rings (SSSR count). The maximum atomic E-state index is 12.2. The Balaban J connectivity index is 2.12. The molecule has 0 aliphatic heterocycles. The molecule has 0 aliphatic carbocycles. The Labute approximate surface area is 114 Å². The number of nitrogens with zero attached hydrogens (tertiary/aromatic N) is 2. The Morgan fingerprint density at radius 3 is 2.83 bits per heavy atom. The predicted octanol–water partition coefficient (Wildman–Crippen LogP) is 3.10. The van der Waals surface area contributed by atoms with E-state index >= 15 is 0 Å². The summed E-state index contributed by atoms with van der Waals surface area (Å²) in [7, 11) is 0. The van der Waals surface area contributed by atoms with Crippen molar-refractivity contribution in [1.29, 1.82) is 0 Å². The molecule has 18 heavy (non-hydrogen) atoms. The van der Waals surface area contributed by atoms with Crippen molar-refractivity contribution >= 4 is 21.8 Å². The minimum Gasteiger partial charge on any atom is -0.467 e. The number of carbonyl (C=O) groups excluding carboxylic acids is 1. The molecule has 0 aromatic carbocycles. The second-order valence-electron chi connectivity index (χ2n) is 3.76. The molecule has 2 aromatic heterocycles. The van der Waals surface area contributed by atoms with Crippen molar-refractivity contribution < 1.29 is 9.21 Å². The smallest absolute Gasteiger partial charge is 0.272 e. The van der Waals surface area contributed by atoms with Gasteiger partial charge in [0.05, 0.1) is 12.8 Å². The lowest BCUT2D eigenvalue weighted by Gasteiger charge is -2.19. The van der Waals surface area contributed by atoms with Crippen molar-refractivity contribution in [1.82, 2.24) is 9.88 Å². The molecule has 0 saturated heterocycles. The number of amides is 1. The van der Waals surface area contributed by atoms with Crippen LogP contribution in [0.1, 0.15) is 23.2 Å². The fourth-order valence-electron chi connectivity index (χ4n) is 1.58. The lowest BCUT2D eigenvalue weighted by molar-refractivity contribution is 0.0735. The van der Waals surface area contributed by atoms with Crippen LogP contribution in [0.2, 0.25) is 0 Å². The monoisotopic (exact) mass is 308 g/mol. The molecule has 0 saturated carbocycles. The van der Waals surface area contributed by atoms with Crippen LogP contribution in [-0.4, -0.2) is 22.3 Å². The van der Waals surface area contributed by atoms with Gasteiger partial charge in [-0.25, -0.2) is 4.98 Å². The Kier molecular flexibility index (Phi) is 4.15. The standard InChI is InChI=1S/C13H13BrN2O2/c1-2-16(9-11-4-3-7-18-11)13(17)12-6-5-10(14)8-15-12/h3-8H,2,9H2,1H3. The zero-order valence-corrected chi connectivity index (χ0v) is 11.6. The molecule has 0 unspecified atom stereocenters. The summed E-state index contributed by atoms with van der Waals surface area (Å²) in [6, 6.07) is 7.18. The molecule has 4 nitrogen and oxygen atoms in total. The average Bonchev–Trinajstić information content (AvgIpc) is 2.89. The van der Waals surface area contributed by atoms with E-state index in [0.717, 1.165) is 10.2 Å². The molecule has 1 amide bonds. The minimum atomic E-state index is -0.0959. The fraction of sp³-hybridized carbons (Fsp3) is 0.231. The number of rotatable bonds is 4. The number of aromatic nitrogens is 1. The van der Waals surface area contributed by atoms with Crippen molar-refractivity contribution in [3.63, 3.8) is 0 Å². The number of hydrogen-bond acceptors (Lipinski definition) is 3. The molecule has 0 N–H and O–H groups in total. The van der Waals surface area contributed by atoms with Crippen LogP contribution in [0, 0.1) is 0 Å². The topological polar surface area (TPSA) is 46.3 Å². The van der Waals surface area contributed by atoms with Gasteiger partial charge in [-0.15, -0.1) is 0 Å². The van der Waals surface area contributed by atoms with Gasteiger partial charge in [-0.05, 0) is 47.1 Å². The summed E-state index contributed by atoms with van der Waals surface area (Å²) in [6.07, 6.45) is 3.22. The second-order valence-corrected chi connectivity index (χ2v) is 4.68. The SMILES string of the molecule is CCN(Cc1ccco1)C(=O)c1ccc(Br)cn1. The average molecular weight is 309 g/mol. The Morgan fingerprint density at radius 1 is 1.44 bits per heavy atom. The molecule has 0 fully saturated rings. The van der Waals surface area contributed by atoms with Gasteiger partial charge in [-0.3, -0.25) is 4.79 Å². The number of halogens is 1. The molecule has 0 bridgehead atoms. The van der Waals surface area contributed by atoms with E-state index in [1.54, 1.807) is 29.5 Å². The summed E-state index contributed by atoms with van der Waals surface area (Å²) in [5.41, 5.74) is 0.437. The lowest BCUT2D eigenvalue weighted by Crippen LogP contribution is -2.30. The van der Waals surface area contributed by atoms with Crippen LogP contribution >= 0.6 is 15.9 Å². The number of furan rings is 1. The number of carbonyl (C=O) groups is 1. The largest absolute Gasteiger partial charge is 0.467 e. The third-order valence-electron chi connectivity index (χ3n) is 2.54. The lowest BCUT2D eigenvalue weighted by atomic mass is 10.3. The maximum Gasteiger partial charge on any atom is 0.272 e. The molecule has 2 aromatic rings. The highest BCUT2D eigenvalue weighted by molar-refractivity contribution is 9.10. The second kappa shape index (κ2) is 5.82. The Morgan fingerprint density at radius 2 is 2.28 bits per heavy atom. The first-order valence-corrected chi connectivity index (χ1v) is 6.43. The van der Waals surface area contributed by atoms with Gasteiger partial charge in [0.2, 0.25) is 0 Å². The van der Waals surface area contributed by atoms with E-state index in [-0.39, 0.29) is 5.91 Å². The van der Waals surface area contributed by atoms with E-state index in [4.69, 9.17) is 4.42 Å². The first-order chi connectivity index (χ1) is 8.70. The molecular weight excluding hydrogens is 296 g/mol. The van der Waals surface area contributed by atoms with E-state index in [1.165, 1.54) is 0 Å². The van der Waals surface area contributed by atoms with Crippen LogP contribution in [0.3, 0.4) is 0 Å². The molecule has 0 aliphatic rings. The van der Waals surface area contributed by atoms with Crippen molar-refractivity contribution in [2.45, 2.75) is 13.5 Å². The summed E-state index contributed by atoms with van der Waals surface area (Å²) >= 11 is 3.29. The highest BCUT2D eigenvalue weighted by Crippen LogP contribution is 2.11. The first kappa shape index (κ1) is 12.8. The summed E-state index contributed by atoms with van der Waals surface area (Å²) in [5, 5.41) is 0. The molecule has 0 atom stereocenters. The number of hydrogen-bond donors (Lipinski definition) is 0. The fourth-order valence-corrected chi connectivity index (χ4v) is 1.82. The van der Waals surface area contributed by atoms with E-state index in [9.17, 15) is 4.79 Å². The van der Waals surface area contributed by atoms with Crippen molar-refractivity contribution in [2.75, 3.05) is 6.54 Å². The van der Waals surface area contributed by atoms with Gasteiger partial charge in [0.25, 0.3) is 5.91 Å². The van der Waals surface area contributed by atoms with E-state index < -0.39 is 0 Å². The van der Waals surface area contributed by atoms with E-state index in [2.05, 4.69) is 20.9 Å². The van der Waals surface area contributed by atoms with Crippen molar-refractivity contribution in [2.24, 2.45) is 0 Å². The van der Waals surface area contributed by atoms with Gasteiger partial charge in [0.15, 0.2) is 0 Å². The highest BCUT2D eigenvalue weighted by atomic mass is 79.9. The quantitative estimate of drug-likeness (QED) is 0.872. The van der Waals surface area contributed by atoms with Crippen LogP contribution < -0.4 is 0 Å². The molecule has 0 spiro atoms. The molecule has 5 heteroatoms. The van der Waals surface area contributed by atoms with Gasteiger partial charge < -0.3 is 9.32 Å². The molecule has 94 valence electrons. The molecule has 0 radical (unpaired) electrons. The third-order valence-corrected chi connectivity index (χ3v) is 3.01. The zero-order valence-electron chi connectivity index (χ0n) is 9.97. The van der Waals surface area contributed by atoms with Crippen LogP contribution in [0.5, 0.6) is 0 Å². The first-order valence-electron chi connectivity index (χ1n) is 5.64. The predicted molar refractivity (Wildman–Crippen MR) is 71.1 cm³/mol. The van der Waals surface area contributed by atoms with Crippen LogP contribution in [0.25, 0.3) is 0 Å². The minimum absolute atomic E-state index is 0.0959. The van der Waals surface area contributed by atoms with Crippen molar-refractivity contribution in [3.8, 4) is 0 Å². The summed E-state index contributed by atoms with van der Waals surface area (Å²) in [6.45, 7) is 3.00. The van der Waals surface area contributed by atoms with Gasteiger partial charge in [0, 0.05) is 17.2 Å². The zero-order chi connectivity index (χ0) is 13.0. The van der Waals surface area contributed by atoms with Gasteiger partial charge in [-0.1, -0.05) is 0 Å². The summed E-state index contributed by atoms with van der Waals surface area (Å²) in [5.74, 6) is 0.670. The highest BCUT2D eigenvalue weighted by Gasteiger charge is 2.16.